The smallest absolute Gasteiger partial charge is 0.170 e. The van der Waals surface area contributed by atoms with Crippen LogP contribution in [0.4, 0.5) is 0 Å². The summed E-state index contributed by atoms with van der Waals surface area (Å²) in [7, 11) is 0. The molecule has 2 rings (SSSR count). The van der Waals surface area contributed by atoms with Gasteiger partial charge in [-0.3, -0.25) is 0 Å². The van der Waals surface area contributed by atoms with Gasteiger partial charge in [-0.1, -0.05) is 20.8 Å². The molecule has 3 heteroatoms. The predicted octanol–water partition coefficient (Wildman–Crippen LogP) is 3.28. The summed E-state index contributed by atoms with van der Waals surface area (Å²) in [5, 5.41) is 0. The first-order chi connectivity index (χ1) is 6.54. The lowest BCUT2D eigenvalue weighted by atomic mass is 9.90. The molecule has 0 amide bonds. The summed E-state index contributed by atoms with van der Waals surface area (Å²) in [5.74, 6) is 0. The van der Waals surface area contributed by atoms with Gasteiger partial charge in [-0.05, 0) is 24.0 Å². The molecule has 0 saturated carbocycles. The molecule has 0 aliphatic heterocycles. The van der Waals surface area contributed by atoms with Crippen molar-refractivity contribution in [1.82, 2.24) is 9.97 Å². The molecule has 0 spiro atoms. The Bertz CT molecular complexity index is 440. The second-order valence-electron chi connectivity index (χ2n) is 4.71. The zero-order chi connectivity index (χ0) is 10.2. The predicted molar refractivity (Wildman–Crippen MR) is 60.6 cm³/mol. The fraction of sp³-hybridized carbons (Fsp3) is 0.455. The van der Waals surface area contributed by atoms with Crippen LogP contribution in [0.1, 0.15) is 26.5 Å². The summed E-state index contributed by atoms with van der Waals surface area (Å²) in [6.45, 7) is 6.67. The van der Waals surface area contributed by atoms with Crippen molar-refractivity contribution in [3.8, 4) is 0 Å². The quantitative estimate of drug-likeness (QED) is 0.715. The number of hydrogen-bond donors (Lipinski definition) is 0. The highest BCUT2D eigenvalue weighted by Gasteiger charge is 2.12. The molecule has 0 bridgehead atoms. The van der Waals surface area contributed by atoms with Crippen LogP contribution in [-0.2, 0) is 6.42 Å². The van der Waals surface area contributed by atoms with E-state index in [1.807, 2.05) is 5.51 Å². The Morgan fingerprint density at radius 3 is 2.79 bits per heavy atom. The van der Waals surface area contributed by atoms with Crippen LogP contribution in [0.3, 0.4) is 0 Å². The summed E-state index contributed by atoms with van der Waals surface area (Å²) >= 11 is 1.64. The molecular weight excluding hydrogens is 192 g/mol. The third-order valence-electron chi connectivity index (χ3n) is 1.96. The van der Waals surface area contributed by atoms with E-state index in [-0.39, 0.29) is 5.41 Å². The molecule has 0 unspecified atom stereocenters. The summed E-state index contributed by atoms with van der Waals surface area (Å²) in [4.78, 5) is 8.74. The first kappa shape index (κ1) is 9.59. The largest absolute Gasteiger partial charge is 0.232 e. The minimum Gasteiger partial charge on any atom is -0.232 e. The molecule has 0 fully saturated rings. The number of hydrogen-bond acceptors (Lipinski definition) is 3. The van der Waals surface area contributed by atoms with Crippen molar-refractivity contribution in [2.75, 3.05) is 0 Å². The van der Waals surface area contributed by atoms with Gasteiger partial charge in [0.05, 0.1) is 10.2 Å². The molecule has 2 nitrogen and oxygen atoms in total. The summed E-state index contributed by atoms with van der Waals surface area (Å²) in [5.41, 5.74) is 4.16. The van der Waals surface area contributed by atoms with Gasteiger partial charge < -0.3 is 0 Å². The minimum atomic E-state index is 0.288. The van der Waals surface area contributed by atoms with Crippen LogP contribution in [0, 0.1) is 5.41 Å². The number of nitrogens with zero attached hydrogens (tertiary/aromatic N) is 2. The molecule has 74 valence electrons. The van der Waals surface area contributed by atoms with Crippen molar-refractivity contribution in [3.05, 3.63) is 23.3 Å². The number of pyridine rings is 1. The summed E-state index contributed by atoms with van der Waals surface area (Å²) in [6, 6.07) is 4.22. The number of fused-ring (bicyclic) bond motifs is 1. The summed E-state index contributed by atoms with van der Waals surface area (Å²) < 4.78 is 1.17. The van der Waals surface area contributed by atoms with Gasteiger partial charge >= 0.3 is 0 Å². The van der Waals surface area contributed by atoms with E-state index in [0.717, 1.165) is 17.8 Å². The fourth-order valence-corrected chi connectivity index (χ4v) is 2.05. The Morgan fingerprint density at radius 1 is 1.29 bits per heavy atom. The van der Waals surface area contributed by atoms with E-state index in [1.54, 1.807) is 11.3 Å². The Balaban J connectivity index is 2.35. The molecule has 2 heterocycles. The lowest BCUT2D eigenvalue weighted by Gasteiger charge is -2.16. The van der Waals surface area contributed by atoms with Crippen molar-refractivity contribution in [2.24, 2.45) is 5.41 Å². The van der Waals surface area contributed by atoms with Crippen LogP contribution in [0.15, 0.2) is 17.6 Å². The third-order valence-corrected chi connectivity index (χ3v) is 2.75. The van der Waals surface area contributed by atoms with E-state index in [0.29, 0.717) is 0 Å². The van der Waals surface area contributed by atoms with E-state index < -0.39 is 0 Å². The lowest BCUT2D eigenvalue weighted by Crippen LogP contribution is -2.10. The van der Waals surface area contributed by atoms with E-state index in [4.69, 9.17) is 0 Å². The molecule has 0 saturated heterocycles. The van der Waals surface area contributed by atoms with Gasteiger partial charge in [0.25, 0.3) is 0 Å². The van der Waals surface area contributed by atoms with E-state index in [1.165, 1.54) is 4.70 Å². The first-order valence-corrected chi connectivity index (χ1v) is 5.62. The highest BCUT2D eigenvalue weighted by molar-refractivity contribution is 7.16. The monoisotopic (exact) mass is 206 g/mol. The van der Waals surface area contributed by atoms with Gasteiger partial charge in [-0.15, -0.1) is 11.3 Å². The van der Waals surface area contributed by atoms with E-state index in [2.05, 4.69) is 42.9 Å². The van der Waals surface area contributed by atoms with E-state index in [9.17, 15) is 0 Å². The van der Waals surface area contributed by atoms with Gasteiger partial charge in [0.1, 0.15) is 0 Å². The molecule has 0 radical (unpaired) electrons. The van der Waals surface area contributed by atoms with Crippen molar-refractivity contribution >= 4 is 21.7 Å². The highest BCUT2D eigenvalue weighted by Crippen LogP contribution is 2.22. The van der Waals surface area contributed by atoms with Crippen molar-refractivity contribution in [3.63, 3.8) is 0 Å². The van der Waals surface area contributed by atoms with Crippen LogP contribution >= 0.6 is 11.3 Å². The second kappa shape index (κ2) is 3.31. The molecule has 2 aromatic heterocycles. The van der Waals surface area contributed by atoms with Crippen LogP contribution < -0.4 is 0 Å². The summed E-state index contributed by atoms with van der Waals surface area (Å²) in [6.07, 6.45) is 1.00. The van der Waals surface area contributed by atoms with Crippen LogP contribution in [0.2, 0.25) is 0 Å². The van der Waals surface area contributed by atoms with Crippen LogP contribution in [0.25, 0.3) is 10.3 Å². The maximum Gasteiger partial charge on any atom is 0.170 e. The average molecular weight is 206 g/mol. The SMILES string of the molecule is CC(C)(C)Cc1ccc2scnc2n1. The number of aromatic nitrogens is 2. The maximum atomic E-state index is 4.52. The topological polar surface area (TPSA) is 25.8 Å². The third kappa shape index (κ3) is 2.10. The zero-order valence-electron chi connectivity index (χ0n) is 8.74. The molecule has 2 aromatic rings. The Morgan fingerprint density at radius 2 is 2.07 bits per heavy atom. The molecule has 14 heavy (non-hydrogen) atoms. The van der Waals surface area contributed by atoms with Crippen molar-refractivity contribution < 1.29 is 0 Å². The molecule has 0 aliphatic carbocycles. The standard InChI is InChI=1S/C11H14N2S/c1-11(2,3)6-8-4-5-9-10(13-8)12-7-14-9/h4-5,7H,6H2,1-3H3. The second-order valence-corrected chi connectivity index (χ2v) is 5.60. The zero-order valence-corrected chi connectivity index (χ0v) is 9.56. The van der Waals surface area contributed by atoms with Gasteiger partial charge in [0.2, 0.25) is 0 Å². The number of rotatable bonds is 1. The Hall–Kier alpha value is -0.960. The van der Waals surface area contributed by atoms with Gasteiger partial charge in [-0.2, -0.15) is 0 Å². The molecule has 0 aromatic carbocycles. The average Bonchev–Trinajstić information content (AvgIpc) is 2.47. The molecular formula is C11H14N2S. The molecule has 0 aliphatic rings. The van der Waals surface area contributed by atoms with Crippen LogP contribution in [0.5, 0.6) is 0 Å². The maximum absolute atomic E-state index is 4.52. The minimum absolute atomic E-state index is 0.288. The normalized spacial score (nSPS) is 12.2. The van der Waals surface area contributed by atoms with E-state index >= 15 is 0 Å². The Kier molecular flexibility index (Phi) is 2.27. The molecule has 0 atom stereocenters. The van der Waals surface area contributed by atoms with Gasteiger partial charge in [0.15, 0.2) is 5.65 Å². The lowest BCUT2D eigenvalue weighted by molar-refractivity contribution is 0.407. The number of thiazole rings is 1. The van der Waals surface area contributed by atoms with Crippen molar-refractivity contribution in [2.45, 2.75) is 27.2 Å². The van der Waals surface area contributed by atoms with Gasteiger partial charge in [-0.25, -0.2) is 9.97 Å². The first-order valence-electron chi connectivity index (χ1n) is 4.74. The van der Waals surface area contributed by atoms with Gasteiger partial charge in [0, 0.05) is 5.69 Å². The Labute approximate surface area is 88.0 Å². The van der Waals surface area contributed by atoms with Crippen LogP contribution in [-0.4, -0.2) is 9.97 Å². The fourth-order valence-electron chi connectivity index (χ4n) is 1.43. The van der Waals surface area contributed by atoms with Crippen molar-refractivity contribution in [1.29, 1.82) is 0 Å². The highest BCUT2D eigenvalue weighted by atomic mass is 32.1. The molecule has 0 N–H and O–H groups in total.